The number of furan rings is 1. The fourth-order valence-electron chi connectivity index (χ4n) is 3.51. The lowest BCUT2D eigenvalue weighted by Gasteiger charge is -2.34. The van der Waals surface area contributed by atoms with Crippen LogP contribution < -0.4 is 5.32 Å². The highest BCUT2D eigenvalue weighted by molar-refractivity contribution is 5.73. The summed E-state index contributed by atoms with van der Waals surface area (Å²) in [6, 6.07) is 3.76. The molecule has 1 atom stereocenters. The van der Waals surface area contributed by atoms with Gasteiger partial charge in [-0.1, -0.05) is 0 Å². The van der Waals surface area contributed by atoms with Crippen molar-refractivity contribution in [1.29, 1.82) is 0 Å². The molecule has 0 aromatic carbocycles. The number of hydrogen-bond donors (Lipinski definition) is 1. The minimum absolute atomic E-state index is 0.101. The van der Waals surface area contributed by atoms with Gasteiger partial charge in [0.2, 0.25) is 11.9 Å². The van der Waals surface area contributed by atoms with E-state index in [1.54, 1.807) is 13.2 Å². The van der Waals surface area contributed by atoms with E-state index in [9.17, 15) is 4.79 Å². The lowest BCUT2D eigenvalue weighted by atomic mass is 9.80. The van der Waals surface area contributed by atoms with Gasteiger partial charge >= 0.3 is 0 Å². The highest BCUT2D eigenvalue weighted by Crippen LogP contribution is 2.39. The summed E-state index contributed by atoms with van der Waals surface area (Å²) in [5.41, 5.74) is 1.80. The summed E-state index contributed by atoms with van der Waals surface area (Å²) in [5, 5.41) is 3.20. The van der Waals surface area contributed by atoms with Gasteiger partial charge in [-0.3, -0.25) is 4.79 Å². The number of likely N-dealkylation sites (tertiary alicyclic amines) is 1. The number of aromatic nitrogens is 2. The fourth-order valence-corrected chi connectivity index (χ4v) is 3.51. The Hall–Kier alpha value is -2.41. The van der Waals surface area contributed by atoms with Gasteiger partial charge in [-0.25, -0.2) is 9.97 Å². The highest BCUT2D eigenvalue weighted by atomic mass is 16.5. The number of amides is 1. The van der Waals surface area contributed by atoms with E-state index in [2.05, 4.69) is 10.3 Å². The van der Waals surface area contributed by atoms with Gasteiger partial charge in [0.1, 0.15) is 5.76 Å². The molecule has 7 heteroatoms. The van der Waals surface area contributed by atoms with Gasteiger partial charge in [-0.05, 0) is 18.6 Å². The lowest BCUT2D eigenvalue weighted by Crippen LogP contribution is -2.41. The van der Waals surface area contributed by atoms with Crippen molar-refractivity contribution in [3.05, 3.63) is 41.6 Å². The Morgan fingerprint density at radius 3 is 3.17 bits per heavy atom. The molecule has 1 amide bonds. The largest absolute Gasteiger partial charge is 0.467 e. The van der Waals surface area contributed by atoms with Crippen molar-refractivity contribution >= 4 is 11.9 Å². The zero-order valence-electron chi connectivity index (χ0n) is 13.6. The van der Waals surface area contributed by atoms with Crippen LogP contribution in [0.25, 0.3) is 0 Å². The predicted molar refractivity (Wildman–Crippen MR) is 86.3 cm³/mol. The second-order valence-corrected chi connectivity index (χ2v) is 6.46. The molecule has 4 heterocycles. The number of ether oxygens (including phenoxy) is 1. The minimum Gasteiger partial charge on any atom is -0.467 e. The maximum atomic E-state index is 11.7. The van der Waals surface area contributed by atoms with Crippen molar-refractivity contribution in [2.75, 3.05) is 25.0 Å². The topological polar surface area (TPSA) is 80.5 Å². The molecule has 1 saturated heterocycles. The number of carbonyl (C=O) groups excluding carboxylic acids is 1. The van der Waals surface area contributed by atoms with Gasteiger partial charge in [0.15, 0.2) is 0 Å². The van der Waals surface area contributed by atoms with Crippen LogP contribution in [0.5, 0.6) is 0 Å². The SMILES string of the molecule is CC(=O)N1CC[C@]2(COCc3cnc(NCc4ccco4)nc32)C1. The summed E-state index contributed by atoms with van der Waals surface area (Å²) in [6.45, 7) is 4.67. The van der Waals surface area contributed by atoms with E-state index in [4.69, 9.17) is 14.1 Å². The first-order valence-corrected chi connectivity index (χ1v) is 8.12. The van der Waals surface area contributed by atoms with E-state index < -0.39 is 0 Å². The lowest BCUT2D eigenvalue weighted by molar-refractivity contribution is -0.128. The maximum absolute atomic E-state index is 11.7. The number of fused-ring (bicyclic) bond motifs is 2. The number of nitrogens with one attached hydrogen (secondary N) is 1. The highest BCUT2D eigenvalue weighted by Gasteiger charge is 2.45. The standard InChI is InChI=1S/C17H20N4O3/c1-12(22)21-5-4-17(10-21)11-23-9-13-7-18-16(20-15(13)17)19-8-14-3-2-6-24-14/h2-3,6-7H,4-5,8-11H2,1H3,(H,18,19,20)/t17-/m1/s1. The van der Waals surface area contributed by atoms with Crippen molar-refractivity contribution in [2.24, 2.45) is 0 Å². The summed E-state index contributed by atoms with van der Waals surface area (Å²) < 4.78 is 11.1. The molecular weight excluding hydrogens is 308 g/mol. The molecule has 24 heavy (non-hydrogen) atoms. The van der Waals surface area contributed by atoms with E-state index >= 15 is 0 Å². The van der Waals surface area contributed by atoms with Gasteiger partial charge in [0.25, 0.3) is 0 Å². The average molecular weight is 328 g/mol. The van der Waals surface area contributed by atoms with Crippen molar-refractivity contribution in [2.45, 2.75) is 31.9 Å². The Labute approximate surface area is 140 Å². The average Bonchev–Trinajstić information content (AvgIpc) is 3.24. The summed E-state index contributed by atoms with van der Waals surface area (Å²) in [4.78, 5) is 22.7. The fraction of sp³-hybridized carbons (Fsp3) is 0.471. The van der Waals surface area contributed by atoms with Gasteiger partial charge < -0.3 is 19.4 Å². The van der Waals surface area contributed by atoms with Crippen LogP contribution in [0, 0.1) is 0 Å². The molecule has 1 fully saturated rings. The first-order valence-electron chi connectivity index (χ1n) is 8.12. The normalized spacial score (nSPS) is 22.6. The summed E-state index contributed by atoms with van der Waals surface area (Å²) in [7, 11) is 0. The van der Waals surface area contributed by atoms with Crippen LogP contribution >= 0.6 is 0 Å². The molecule has 4 rings (SSSR count). The van der Waals surface area contributed by atoms with Crippen molar-refractivity contribution < 1.29 is 13.9 Å². The quantitative estimate of drug-likeness (QED) is 0.924. The molecule has 126 valence electrons. The van der Waals surface area contributed by atoms with Crippen molar-refractivity contribution in [1.82, 2.24) is 14.9 Å². The number of hydrogen-bond acceptors (Lipinski definition) is 6. The zero-order valence-corrected chi connectivity index (χ0v) is 13.6. The van der Waals surface area contributed by atoms with Crippen LogP contribution in [-0.2, 0) is 28.1 Å². The summed E-state index contributed by atoms with van der Waals surface area (Å²) in [6.07, 6.45) is 4.34. The first-order chi connectivity index (χ1) is 11.7. The van der Waals surface area contributed by atoms with Crippen LogP contribution in [0.15, 0.2) is 29.0 Å². The maximum Gasteiger partial charge on any atom is 0.223 e. The number of nitrogens with zero attached hydrogens (tertiary/aromatic N) is 3. The molecule has 1 spiro atoms. The van der Waals surface area contributed by atoms with Crippen molar-refractivity contribution in [3.8, 4) is 0 Å². The predicted octanol–water partition coefficient (Wildman–Crippen LogP) is 1.70. The van der Waals surface area contributed by atoms with E-state index in [1.807, 2.05) is 23.2 Å². The van der Waals surface area contributed by atoms with Crippen LogP contribution in [0.4, 0.5) is 5.95 Å². The van der Waals surface area contributed by atoms with Gasteiger partial charge in [-0.15, -0.1) is 0 Å². The third-order valence-electron chi connectivity index (χ3n) is 4.80. The van der Waals surface area contributed by atoms with E-state index in [-0.39, 0.29) is 11.3 Å². The Kier molecular flexibility index (Phi) is 3.72. The smallest absolute Gasteiger partial charge is 0.223 e. The van der Waals surface area contributed by atoms with Crippen molar-refractivity contribution in [3.63, 3.8) is 0 Å². The molecular formula is C17H20N4O3. The van der Waals surface area contributed by atoms with E-state index in [0.29, 0.717) is 32.3 Å². The summed E-state index contributed by atoms with van der Waals surface area (Å²) >= 11 is 0. The Morgan fingerprint density at radius 2 is 2.42 bits per heavy atom. The van der Waals surface area contributed by atoms with Gasteiger partial charge in [0, 0.05) is 31.8 Å². The molecule has 7 nitrogen and oxygen atoms in total. The third-order valence-corrected chi connectivity index (χ3v) is 4.80. The molecule has 1 N–H and O–H groups in total. The second kappa shape index (κ2) is 5.90. The van der Waals surface area contributed by atoms with Crippen LogP contribution in [-0.4, -0.2) is 40.5 Å². The third kappa shape index (κ3) is 2.65. The summed E-state index contributed by atoms with van der Waals surface area (Å²) in [5.74, 6) is 1.51. The molecule has 2 aromatic rings. The number of anilines is 1. The molecule has 0 unspecified atom stereocenters. The van der Waals surface area contributed by atoms with Gasteiger partial charge in [-0.2, -0.15) is 0 Å². The number of rotatable bonds is 3. The molecule has 2 aromatic heterocycles. The Balaban J connectivity index is 1.59. The molecule has 2 aliphatic rings. The number of carbonyl (C=O) groups is 1. The van der Waals surface area contributed by atoms with Crippen LogP contribution in [0.2, 0.25) is 0 Å². The molecule has 0 aliphatic carbocycles. The zero-order chi connectivity index (χ0) is 16.6. The Morgan fingerprint density at radius 1 is 1.50 bits per heavy atom. The van der Waals surface area contributed by atoms with E-state index in [1.165, 1.54) is 0 Å². The second-order valence-electron chi connectivity index (χ2n) is 6.46. The van der Waals surface area contributed by atoms with Crippen LogP contribution in [0.3, 0.4) is 0 Å². The molecule has 0 bridgehead atoms. The minimum atomic E-state index is -0.219. The van der Waals surface area contributed by atoms with Gasteiger partial charge in [0.05, 0.1) is 37.1 Å². The van der Waals surface area contributed by atoms with E-state index in [0.717, 1.165) is 30.0 Å². The monoisotopic (exact) mass is 328 g/mol. The Bertz CT molecular complexity index is 746. The first kappa shape index (κ1) is 15.1. The molecule has 0 radical (unpaired) electrons. The van der Waals surface area contributed by atoms with Crippen LogP contribution in [0.1, 0.15) is 30.4 Å². The molecule has 0 saturated carbocycles. The molecule has 2 aliphatic heterocycles.